The summed E-state index contributed by atoms with van der Waals surface area (Å²) >= 11 is 1.50. The molecule has 41 heavy (non-hydrogen) atoms. The van der Waals surface area contributed by atoms with Crippen molar-refractivity contribution in [2.75, 3.05) is 19.7 Å². The zero-order valence-corrected chi connectivity index (χ0v) is 26.2. The van der Waals surface area contributed by atoms with Crippen molar-refractivity contribution in [3.8, 4) is 0 Å². The SMILES string of the molecule is CCCN(C[C@]1(O)CC[C@H]2c3ccc(cc3C(=O)c3ccc(C)s3)C[C@@H](O)CCC(C)=CCC[C@@]21C)C(=O)OCC. The predicted molar refractivity (Wildman–Crippen MR) is 165 cm³/mol. The molecule has 2 aromatic rings. The summed E-state index contributed by atoms with van der Waals surface area (Å²) in [4.78, 5) is 30.4. The van der Waals surface area contributed by atoms with Gasteiger partial charge in [0.1, 0.15) is 0 Å². The number of carbonyl (C=O) groups excluding carboxylic acids is 2. The second kappa shape index (κ2) is 13.2. The minimum Gasteiger partial charge on any atom is -0.450 e. The summed E-state index contributed by atoms with van der Waals surface area (Å²) in [6.07, 6.45) is 6.82. The van der Waals surface area contributed by atoms with E-state index in [0.717, 1.165) is 35.3 Å². The van der Waals surface area contributed by atoms with E-state index >= 15 is 0 Å². The highest BCUT2D eigenvalue weighted by Crippen LogP contribution is 2.59. The van der Waals surface area contributed by atoms with Crippen molar-refractivity contribution in [3.05, 3.63) is 68.4 Å². The number of aryl methyl sites for hydroxylation is 1. The second-order valence-corrected chi connectivity index (χ2v) is 13.6. The lowest BCUT2D eigenvalue weighted by Crippen LogP contribution is -2.54. The number of rotatable bonds is 7. The fourth-order valence-electron chi connectivity index (χ4n) is 6.92. The average molecular weight is 582 g/mol. The smallest absolute Gasteiger partial charge is 0.409 e. The standard InChI is InChI=1S/C34H47NO5S/c1-6-19-35(32(38)40-7-2)22-34(39)18-16-29-27-14-12-25(21-28(27)31(37)30-15-11-24(4)41-30)20-26(36)13-10-23(3)9-8-17-33(29,34)5/h9,11-12,14-15,21,26,29,36,39H,6-8,10,13,16-20,22H2,1-5H3/t26-,29-,33-,34+/m0/s1. The number of aliphatic hydroxyl groups is 2. The summed E-state index contributed by atoms with van der Waals surface area (Å²) in [5.41, 5.74) is 2.06. The molecule has 2 N–H and O–H groups in total. The highest BCUT2D eigenvalue weighted by Gasteiger charge is 2.57. The molecule has 1 aromatic heterocycles. The molecule has 224 valence electrons. The number of carbonyl (C=O) groups is 2. The number of aliphatic hydroxyl groups excluding tert-OH is 1. The average Bonchev–Trinajstić information content (AvgIpc) is 3.47. The van der Waals surface area contributed by atoms with Crippen molar-refractivity contribution in [2.45, 2.75) is 104 Å². The van der Waals surface area contributed by atoms with Crippen LogP contribution in [-0.4, -0.2) is 58.4 Å². The Morgan fingerprint density at radius 1 is 1.12 bits per heavy atom. The Morgan fingerprint density at radius 2 is 1.90 bits per heavy atom. The van der Waals surface area contributed by atoms with Gasteiger partial charge in [-0.1, -0.05) is 37.6 Å². The molecule has 1 aromatic carbocycles. The van der Waals surface area contributed by atoms with Crippen LogP contribution in [0.25, 0.3) is 0 Å². The number of fused-ring (bicyclic) bond motifs is 8. The molecular formula is C34H47NO5S. The first-order chi connectivity index (χ1) is 19.5. The van der Waals surface area contributed by atoms with Gasteiger partial charge in [0.2, 0.25) is 5.78 Å². The van der Waals surface area contributed by atoms with E-state index in [1.165, 1.54) is 16.9 Å². The molecule has 3 aliphatic rings. The Kier molecular flexibility index (Phi) is 10.1. The Morgan fingerprint density at radius 3 is 2.59 bits per heavy atom. The Bertz CT molecular complexity index is 1270. The summed E-state index contributed by atoms with van der Waals surface area (Å²) in [6, 6.07) is 9.95. The van der Waals surface area contributed by atoms with Crippen molar-refractivity contribution in [1.82, 2.24) is 4.90 Å². The van der Waals surface area contributed by atoms with Gasteiger partial charge in [-0.3, -0.25) is 4.79 Å². The monoisotopic (exact) mass is 581 g/mol. The molecule has 0 saturated heterocycles. The highest BCUT2D eigenvalue weighted by molar-refractivity contribution is 7.14. The molecule has 0 unspecified atom stereocenters. The third-order valence-corrected chi connectivity index (χ3v) is 10.4. The van der Waals surface area contributed by atoms with Gasteiger partial charge in [-0.25, -0.2) is 4.79 Å². The molecule has 1 amide bonds. The summed E-state index contributed by atoms with van der Waals surface area (Å²) in [5, 5.41) is 23.3. The van der Waals surface area contributed by atoms with Crippen LogP contribution < -0.4 is 0 Å². The van der Waals surface area contributed by atoms with Crippen LogP contribution in [-0.2, 0) is 11.2 Å². The number of allylic oxidation sites excluding steroid dienone is 2. The minimum absolute atomic E-state index is 0.00537. The zero-order valence-electron chi connectivity index (χ0n) is 25.4. The maximum Gasteiger partial charge on any atom is 0.409 e. The first-order valence-electron chi connectivity index (χ1n) is 15.2. The number of thiophene rings is 1. The number of benzene rings is 1. The van der Waals surface area contributed by atoms with Crippen molar-refractivity contribution in [1.29, 1.82) is 0 Å². The topological polar surface area (TPSA) is 87.1 Å². The number of ether oxygens (including phenoxy) is 1. The summed E-state index contributed by atoms with van der Waals surface area (Å²) < 4.78 is 5.36. The van der Waals surface area contributed by atoms with Gasteiger partial charge in [0.15, 0.2) is 0 Å². The lowest BCUT2D eigenvalue weighted by Gasteiger charge is -2.46. The number of hydrogen-bond acceptors (Lipinski definition) is 6. The lowest BCUT2D eigenvalue weighted by atomic mass is 9.64. The highest BCUT2D eigenvalue weighted by atomic mass is 32.1. The fourth-order valence-corrected chi connectivity index (χ4v) is 7.74. The van der Waals surface area contributed by atoms with Crippen molar-refractivity contribution in [2.24, 2.45) is 5.41 Å². The number of nitrogens with zero attached hydrogens (tertiary/aromatic N) is 1. The predicted octanol–water partition coefficient (Wildman–Crippen LogP) is 7.19. The maximum atomic E-state index is 14.0. The van der Waals surface area contributed by atoms with E-state index in [9.17, 15) is 19.8 Å². The van der Waals surface area contributed by atoms with E-state index in [1.807, 2.05) is 38.1 Å². The van der Waals surface area contributed by atoms with Gasteiger partial charge in [-0.2, -0.15) is 0 Å². The first-order valence-corrected chi connectivity index (χ1v) is 16.0. The maximum absolute atomic E-state index is 14.0. The van der Waals surface area contributed by atoms with Crippen LogP contribution >= 0.6 is 11.3 Å². The molecule has 6 nitrogen and oxygen atoms in total. The van der Waals surface area contributed by atoms with Crippen molar-refractivity contribution in [3.63, 3.8) is 0 Å². The summed E-state index contributed by atoms with van der Waals surface area (Å²) in [7, 11) is 0. The van der Waals surface area contributed by atoms with Crippen molar-refractivity contribution < 1.29 is 24.5 Å². The molecule has 7 heteroatoms. The van der Waals surface area contributed by atoms with Gasteiger partial charge >= 0.3 is 6.09 Å². The van der Waals surface area contributed by atoms with E-state index < -0.39 is 23.2 Å². The summed E-state index contributed by atoms with van der Waals surface area (Å²) in [5.74, 6) is -0.0806. The fraction of sp³-hybridized carbons (Fsp3) is 0.588. The van der Waals surface area contributed by atoms with Gasteiger partial charge in [-0.05, 0) is 107 Å². The molecule has 0 spiro atoms. The quantitative estimate of drug-likeness (QED) is 0.267. The molecule has 2 bridgehead atoms. The molecule has 1 fully saturated rings. The molecule has 4 atom stereocenters. The first kappa shape index (κ1) is 31.5. The van der Waals surface area contributed by atoms with E-state index in [4.69, 9.17) is 4.74 Å². The molecule has 1 saturated carbocycles. The Labute approximate surface area is 249 Å². The normalized spacial score (nSPS) is 26.7. The van der Waals surface area contributed by atoms with Crippen LogP contribution in [0.15, 0.2) is 42.0 Å². The number of amides is 1. The molecule has 5 rings (SSSR count). The van der Waals surface area contributed by atoms with Crippen LogP contribution in [0.5, 0.6) is 0 Å². The van der Waals surface area contributed by atoms with Crippen LogP contribution in [0.2, 0.25) is 0 Å². The number of ketones is 1. The largest absolute Gasteiger partial charge is 0.450 e. The van der Waals surface area contributed by atoms with Crippen LogP contribution in [0.4, 0.5) is 4.79 Å². The molecule has 3 aliphatic carbocycles. The molecule has 0 radical (unpaired) electrons. The zero-order chi connectivity index (χ0) is 29.8. The van der Waals surface area contributed by atoms with Crippen LogP contribution in [0, 0.1) is 12.3 Å². The molecule has 1 heterocycles. The van der Waals surface area contributed by atoms with E-state index in [0.29, 0.717) is 49.1 Å². The minimum atomic E-state index is -1.15. The lowest BCUT2D eigenvalue weighted by molar-refractivity contribution is -0.0809. The van der Waals surface area contributed by atoms with Gasteiger partial charge in [0.05, 0.1) is 29.7 Å². The van der Waals surface area contributed by atoms with Crippen molar-refractivity contribution >= 4 is 23.2 Å². The Balaban J connectivity index is 1.82. The van der Waals surface area contributed by atoms with Crippen LogP contribution in [0.1, 0.15) is 110 Å². The third kappa shape index (κ3) is 6.79. The van der Waals surface area contributed by atoms with E-state index in [-0.39, 0.29) is 24.9 Å². The van der Waals surface area contributed by atoms with E-state index in [1.54, 1.807) is 11.8 Å². The Hall–Kier alpha value is -2.48. The van der Waals surface area contributed by atoms with Crippen LogP contribution in [0.3, 0.4) is 0 Å². The number of hydrogen-bond donors (Lipinski definition) is 2. The van der Waals surface area contributed by atoms with Gasteiger partial charge in [0.25, 0.3) is 0 Å². The molecule has 0 aliphatic heterocycles. The molecular weight excluding hydrogens is 534 g/mol. The summed E-state index contributed by atoms with van der Waals surface area (Å²) in [6.45, 7) is 11.1. The third-order valence-electron chi connectivity index (χ3n) is 9.35. The van der Waals surface area contributed by atoms with Gasteiger partial charge in [-0.15, -0.1) is 11.3 Å². The van der Waals surface area contributed by atoms with Gasteiger partial charge in [0, 0.05) is 22.4 Å². The van der Waals surface area contributed by atoms with Gasteiger partial charge < -0.3 is 19.8 Å². The second-order valence-electron chi connectivity index (χ2n) is 12.3. The van der Waals surface area contributed by atoms with E-state index in [2.05, 4.69) is 26.0 Å².